The van der Waals surface area contributed by atoms with Gasteiger partial charge in [0.15, 0.2) is 0 Å². The molecule has 2 fully saturated rings. The number of nitrogens with zero attached hydrogens (tertiary/aromatic N) is 2. The molecule has 2 aromatic heterocycles. The van der Waals surface area contributed by atoms with Crippen molar-refractivity contribution in [3.63, 3.8) is 0 Å². The van der Waals surface area contributed by atoms with Crippen LogP contribution in [0.3, 0.4) is 0 Å². The van der Waals surface area contributed by atoms with E-state index in [9.17, 15) is 4.79 Å². The van der Waals surface area contributed by atoms with Crippen LogP contribution in [0.2, 0.25) is 0 Å². The maximum Gasteiger partial charge on any atom is 0.253 e. The molecule has 7 rings (SSSR count). The number of hydrogen-bond acceptors (Lipinski definition) is 3. The van der Waals surface area contributed by atoms with Crippen LogP contribution in [0.5, 0.6) is 0 Å². The van der Waals surface area contributed by atoms with E-state index in [1.807, 2.05) is 6.20 Å². The van der Waals surface area contributed by atoms with Gasteiger partial charge in [-0.25, -0.2) is 0 Å². The largest absolute Gasteiger partial charge is 0.357 e. The number of likely N-dealkylation sites (tertiary alicyclic amines) is 1. The summed E-state index contributed by atoms with van der Waals surface area (Å²) in [5.41, 5.74) is 10.5. The predicted molar refractivity (Wildman–Crippen MR) is 129 cm³/mol. The summed E-state index contributed by atoms with van der Waals surface area (Å²) in [6.45, 7) is 3.77. The van der Waals surface area contributed by atoms with Crippen LogP contribution in [0, 0.1) is 0 Å². The number of carbonyl (C=O) groups excluding carboxylic acids is 1. The Bertz CT molecular complexity index is 1250. The summed E-state index contributed by atoms with van der Waals surface area (Å²) in [4.78, 5) is 23.9. The number of pyridine rings is 1. The van der Waals surface area contributed by atoms with E-state index >= 15 is 0 Å². The van der Waals surface area contributed by atoms with Crippen molar-refractivity contribution in [3.8, 4) is 22.5 Å². The molecule has 5 nitrogen and oxygen atoms in total. The minimum Gasteiger partial charge on any atom is -0.357 e. The number of carbonyl (C=O) groups is 1. The molecular formula is C28H30N4O. The van der Waals surface area contributed by atoms with E-state index in [1.165, 1.54) is 54.7 Å². The third-order valence-corrected chi connectivity index (χ3v) is 8.19. The number of H-pyrrole nitrogens is 1. The third-order valence-electron chi connectivity index (χ3n) is 8.19. The number of nitrogens with one attached hydrogen (secondary N) is 2. The van der Waals surface area contributed by atoms with E-state index in [2.05, 4.69) is 45.5 Å². The van der Waals surface area contributed by atoms with Gasteiger partial charge in [0.05, 0.1) is 17.0 Å². The molecule has 168 valence electrons. The maximum absolute atomic E-state index is 12.9. The summed E-state index contributed by atoms with van der Waals surface area (Å²) in [5.74, 6) is 0.119. The van der Waals surface area contributed by atoms with E-state index in [1.54, 1.807) is 0 Å². The van der Waals surface area contributed by atoms with Gasteiger partial charge < -0.3 is 15.2 Å². The van der Waals surface area contributed by atoms with Gasteiger partial charge in [-0.2, -0.15) is 0 Å². The fourth-order valence-electron chi connectivity index (χ4n) is 5.91. The highest BCUT2D eigenvalue weighted by molar-refractivity contribution is 6.01. The molecule has 2 N–H and O–H groups in total. The van der Waals surface area contributed by atoms with Crippen LogP contribution in [-0.2, 0) is 25.7 Å². The van der Waals surface area contributed by atoms with Crippen molar-refractivity contribution in [2.75, 3.05) is 19.6 Å². The fraction of sp³-hybridized carbons (Fsp3) is 0.429. The summed E-state index contributed by atoms with van der Waals surface area (Å²) in [6.07, 6.45) is 10.7. The van der Waals surface area contributed by atoms with Crippen molar-refractivity contribution in [3.05, 3.63) is 64.5 Å². The molecule has 33 heavy (non-hydrogen) atoms. The Morgan fingerprint density at radius 3 is 2.70 bits per heavy atom. The molecule has 2 aliphatic carbocycles. The highest BCUT2D eigenvalue weighted by Gasteiger charge is 2.49. The Morgan fingerprint density at radius 2 is 1.94 bits per heavy atom. The minimum absolute atomic E-state index is 0.0285. The van der Waals surface area contributed by atoms with Crippen LogP contribution in [0.25, 0.3) is 22.5 Å². The molecule has 0 radical (unpaired) electrons. The molecule has 3 aromatic rings. The van der Waals surface area contributed by atoms with Gasteiger partial charge in [-0.15, -0.1) is 0 Å². The van der Waals surface area contributed by atoms with Gasteiger partial charge in [-0.3, -0.25) is 9.78 Å². The Kier molecular flexibility index (Phi) is 4.32. The first-order chi connectivity index (χ1) is 16.2. The van der Waals surface area contributed by atoms with Crippen LogP contribution < -0.4 is 5.32 Å². The van der Waals surface area contributed by atoms with Gasteiger partial charge in [0.2, 0.25) is 0 Å². The zero-order valence-corrected chi connectivity index (χ0v) is 19.0. The quantitative estimate of drug-likeness (QED) is 0.624. The minimum atomic E-state index is 0.0285. The number of rotatable bonds is 5. The lowest BCUT2D eigenvalue weighted by Crippen LogP contribution is -2.43. The van der Waals surface area contributed by atoms with Gasteiger partial charge in [-0.1, -0.05) is 24.3 Å². The van der Waals surface area contributed by atoms with Crippen LogP contribution in [0.1, 0.15) is 58.4 Å². The van der Waals surface area contributed by atoms with Crippen LogP contribution in [0.15, 0.2) is 36.5 Å². The number of aromatic amines is 1. The summed E-state index contributed by atoms with van der Waals surface area (Å²) in [5, 5.41) is 3.28. The van der Waals surface area contributed by atoms with Gasteiger partial charge in [0, 0.05) is 35.0 Å². The maximum atomic E-state index is 12.9. The number of aryl methyl sites for hydroxylation is 2. The number of hydrogen-bond donors (Lipinski definition) is 2. The zero-order chi connectivity index (χ0) is 22.0. The Balaban J connectivity index is 1.16. The third kappa shape index (κ3) is 3.33. The second-order valence-electron chi connectivity index (χ2n) is 10.5. The van der Waals surface area contributed by atoms with E-state index in [0.29, 0.717) is 0 Å². The molecule has 1 amide bonds. The Labute approximate surface area is 194 Å². The molecule has 1 spiro atoms. The van der Waals surface area contributed by atoms with Gasteiger partial charge in [0.25, 0.3) is 5.91 Å². The number of benzene rings is 1. The molecule has 1 aromatic carbocycles. The van der Waals surface area contributed by atoms with E-state index in [-0.39, 0.29) is 11.4 Å². The van der Waals surface area contributed by atoms with Crippen molar-refractivity contribution < 1.29 is 4.79 Å². The Morgan fingerprint density at radius 1 is 1.09 bits per heavy atom. The Hall–Kier alpha value is -2.92. The molecule has 0 bridgehead atoms. The summed E-state index contributed by atoms with van der Waals surface area (Å²) < 4.78 is 0. The summed E-state index contributed by atoms with van der Waals surface area (Å²) >= 11 is 0. The number of fused-ring (bicyclic) bond motifs is 5. The van der Waals surface area contributed by atoms with Crippen molar-refractivity contribution in [2.45, 2.75) is 56.9 Å². The molecule has 1 saturated heterocycles. The van der Waals surface area contributed by atoms with Crippen molar-refractivity contribution in [2.24, 2.45) is 0 Å². The van der Waals surface area contributed by atoms with Gasteiger partial charge >= 0.3 is 0 Å². The lowest BCUT2D eigenvalue weighted by atomic mass is 9.87. The molecule has 1 saturated carbocycles. The van der Waals surface area contributed by atoms with Gasteiger partial charge in [0.1, 0.15) is 0 Å². The molecule has 0 unspecified atom stereocenters. The van der Waals surface area contributed by atoms with Gasteiger partial charge in [-0.05, 0) is 87.3 Å². The lowest BCUT2D eigenvalue weighted by molar-refractivity contribution is 0.0917. The normalized spacial score (nSPS) is 19.9. The van der Waals surface area contributed by atoms with Crippen LogP contribution in [-0.4, -0.2) is 45.9 Å². The van der Waals surface area contributed by atoms with E-state index in [0.717, 1.165) is 66.7 Å². The molecule has 5 heteroatoms. The fourth-order valence-corrected chi connectivity index (χ4v) is 5.91. The standard InChI is InChI=1S/C28H30N4O/c33-27-25-21-9-8-20-17-29-23(15-22(20)26(21)30-24(25)16-28(31-27)10-11-28)19-6-4-18(5-7-19)3-1-12-32-13-2-14-32/h4-7,15,17,30H,1-3,8-14,16H2,(H,31,33). The van der Waals surface area contributed by atoms with Crippen molar-refractivity contribution in [1.29, 1.82) is 0 Å². The van der Waals surface area contributed by atoms with E-state index < -0.39 is 0 Å². The van der Waals surface area contributed by atoms with Crippen LogP contribution >= 0.6 is 0 Å². The van der Waals surface area contributed by atoms with E-state index in [4.69, 9.17) is 4.98 Å². The highest BCUT2D eigenvalue weighted by atomic mass is 16.2. The average molecular weight is 439 g/mol. The molecule has 0 atom stereocenters. The van der Waals surface area contributed by atoms with Crippen LogP contribution in [0.4, 0.5) is 0 Å². The predicted octanol–water partition coefficient (Wildman–Crippen LogP) is 4.30. The lowest BCUT2D eigenvalue weighted by Gasteiger charge is -2.30. The molecule has 2 aliphatic heterocycles. The SMILES string of the molecule is O=C1NC2(CC2)Cc2[nH]c3c(c21)CCc1cnc(-c2ccc(CCCN4CCC4)cc2)cc1-3. The first-order valence-corrected chi connectivity index (χ1v) is 12.5. The molecule has 4 heterocycles. The zero-order valence-electron chi connectivity index (χ0n) is 19.0. The molecular weight excluding hydrogens is 408 g/mol. The average Bonchev–Trinajstić information content (AvgIpc) is 3.41. The smallest absolute Gasteiger partial charge is 0.253 e. The summed E-state index contributed by atoms with van der Waals surface area (Å²) in [6, 6.07) is 11.2. The topological polar surface area (TPSA) is 61.0 Å². The first kappa shape index (κ1) is 19.5. The molecule has 4 aliphatic rings. The number of amides is 1. The monoisotopic (exact) mass is 438 g/mol. The van der Waals surface area contributed by atoms with Crippen molar-refractivity contribution in [1.82, 2.24) is 20.2 Å². The highest BCUT2D eigenvalue weighted by Crippen LogP contribution is 2.45. The second kappa shape index (κ2) is 7.29. The first-order valence-electron chi connectivity index (χ1n) is 12.5. The summed E-state index contributed by atoms with van der Waals surface area (Å²) in [7, 11) is 0. The number of aromatic nitrogens is 2. The van der Waals surface area contributed by atoms with Crippen molar-refractivity contribution >= 4 is 5.91 Å². The second-order valence-corrected chi connectivity index (χ2v) is 10.5.